The molecule has 2 fully saturated rings. The molecule has 6 heteroatoms. The van der Waals surface area contributed by atoms with Crippen molar-refractivity contribution in [2.75, 3.05) is 24.5 Å². The van der Waals surface area contributed by atoms with Gasteiger partial charge in [-0.05, 0) is 30.9 Å². The number of rotatable bonds is 2. The molecule has 1 amide bonds. The van der Waals surface area contributed by atoms with Gasteiger partial charge in [-0.3, -0.25) is 4.79 Å². The Kier molecular flexibility index (Phi) is 2.66. The Hall–Kier alpha value is -1.69. The zero-order valence-corrected chi connectivity index (χ0v) is 10.3. The SMILES string of the molecule is CC1C2CNCC2CN1c1ccc(C(N)=O)nn1. The third kappa shape index (κ3) is 1.73. The lowest BCUT2D eigenvalue weighted by Gasteiger charge is -2.24. The van der Waals surface area contributed by atoms with E-state index in [1.54, 1.807) is 6.07 Å². The minimum Gasteiger partial charge on any atom is -0.364 e. The van der Waals surface area contributed by atoms with Crippen LogP contribution in [0.2, 0.25) is 0 Å². The molecule has 0 aliphatic carbocycles. The largest absolute Gasteiger partial charge is 0.364 e. The summed E-state index contributed by atoms with van der Waals surface area (Å²) in [6.45, 7) is 5.39. The lowest BCUT2D eigenvalue weighted by atomic mass is 9.95. The summed E-state index contributed by atoms with van der Waals surface area (Å²) in [5, 5.41) is 11.4. The Labute approximate surface area is 106 Å². The molecular weight excluding hydrogens is 230 g/mol. The highest BCUT2D eigenvalue weighted by Crippen LogP contribution is 2.34. The summed E-state index contributed by atoms with van der Waals surface area (Å²) in [7, 11) is 0. The van der Waals surface area contributed by atoms with E-state index in [-0.39, 0.29) is 5.69 Å². The fourth-order valence-corrected chi connectivity index (χ4v) is 3.08. The Morgan fingerprint density at radius 1 is 1.44 bits per heavy atom. The van der Waals surface area contributed by atoms with Crippen LogP contribution >= 0.6 is 0 Å². The van der Waals surface area contributed by atoms with Crippen LogP contribution in [0, 0.1) is 11.8 Å². The summed E-state index contributed by atoms with van der Waals surface area (Å²) < 4.78 is 0. The summed E-state index contributed by atoms with van der Waals surface area (Å²) in [5.41, 5.74) is 5.37. The predicted octanol–water partition coefficient (Wildman–Crippen LogP) is -0.380. The molecule has 96 valence electrons. The summed E-state index contributed by atoms with van der Waals surface area (Å²) in [6.07, 6.45) is 0. The van der Waals surface area contributed by atoms with Gasteiger partial charge in [0.15, 0.2) is 11.5 Å². The van der Waals surface area contributed by atoms with Crippen molar-refractivity contribution in [3.63, 3.8) is 0 Å². The van der Waals surface area contributed by atoms with Gasteiger partial charge < -0.3 is 16.0 Å². The fourth-order valence-electron chi connectivity index (χ4n) is 3.08. The standard InChI is InChI=1S/C12H17N5O/c1-7-9-5-14-4-8(9)6-17(7)11-3-2-10(12(13)18)15-16-11/h2-3,7-9,14H,4-6H2,1H3,(H2,13,18). The van der Waals surface area contributed by atoms with Gasteiger partial charge in [-0.2, -0.15) is 0 Å². The van der Waals surface area contributed by atoms with E-state index in [0.717, 1.165) is 25.5 Å². The van der Waals surface area contributed by atoms with E-state index in [2.05, 4.69) is 27.3 Å². The normalized spacial score (nSPS) is 30.5. The predicted molar refractivity (Wildman–Crippen MR) is 67.2 cm³/mol. The third-order valence-corrected chi connectivity index (χ3v) is 4.13. The molecule has 0 spiro atoms. The van der Waals surface area contributed by atoms with Gasteiger partial charge in [0.25, 0.3) is 5.91 Å². The quantitative estimate of drug-likeness (QED) is 0.744. The zero-order valence-electron chi connectivity index (χ0n) is 10.3. The van der Waals surface area contributed by atoms with E-state index >= 15 is 0 Å². The van der Waals surface area contributed by atoms with Crippen LogP contribution in [-0.2, 0) is 0 Å². The number of hydrogen-bond donors (Lipinski definition) is 2. The molecule has 18 heavy (non-hydrogen) atoms. The smallest absolute Gasteiger partial charge is 0.269 e. The molecule has 1 aromatic rings. The number of nitrogens with two attached hydrogens (primary N) is 1. The molecule has 0 bridgehead atoms. The summed E-state index contributed by atoms with van der Waals surface area (Å²) in [6, 6.07) is 3.93. The van der Waals surface area contributed by atoms with Crippen molar-refractivity contribution in [1.29, 1.82) is 0 Å². The number of fused-ring (bicyclic) bond motifs is 1. The molecule has 0 radical (unpaired) electrons. The first kappa shape index (κ1) is 11.4. The number of amides is 1. The minimum absolute atomic E-state index is 0.215. The molecule has 2 aliphatic rings. The van der Waals surface area contributed by atoms with Gasteiger partial charge in [0.2, 0.25) is 0 Å². The van der Waals surface area contributed by atoms with Crippen molar-refractivity contribution in [3.8, 4) is 0 Å². The second kappa shape index (κ2) is 4.20. The highest BCUT2D eigenvalue weighted by atomic mass is 16.1. The molecule has 0 saturated carbocycles. The number of hydrogen-bond acceptors (Lipinski definition) is 5. The number of anilines is 1. The molecule has 0 aromatic carbocycles. The topological polar surface area (TPSA) is 84.1 Å². The van der Waals surface area contributed by atoms with Crippen molar-refractivity contribution in [3.05, 3.63) is 17.8 Å². The van der Waals surface area contributed by atoms with Gasteiger partial charge in [-0.15, -0.1) is 10.2 Å². The second-order valence-electron chi connectivity index (χ2n) is 5.12. The van der Waals surface area contributed by atoms with Crippen LogP contribution in [0.5, 0.6) is 0 Å². The Bertz CT molecular complexity index is 460. The molecule has 6 nitrogen and oxygen atoms in total. The molecule has 2 aliphatic heterocycles. The van der Waals surface area contributed by atoms with E-state index < -0.39 is 5.91 Å². The maximum Gasteiger partial charge on any atom is 0.269 e. The van der Waals surface area contributed by atoms with E-state index in [1.807, 2.05) is 6.07 Å². The monoisotopic (exact) mass is 247 g/mol. The van der Waals surface area contributed by atoms with Crippen LogP contribution in [0.4, 0.5) is 5.82 Å². The Morgan fingerprint density at radius 3 is 2.89 bits per heavy atom. The molecule has 3 heterocycles. The number of primary amides is 1. The number of carbonyl (C=O) groups is 1. The first-order valence-corrected chi connectivity index (χ1v) is 6.27. The van der Waals surface area contributed by atoms with Gasteiger partial charge in [0.05, 0.1) is 0 Å². The highest BCUT2D eigenvalue weighted by Gasteiger charge is 2.42. The van der Waals surface area contributed by atoms with Gasteiger partial charge in [0, 0.05) is 25.7 Å². The van der Waals surface area contributed by atoms with Gasteiger partial charge in [0.1, 0.15) is 0 Å². The van der Waals surface area contributed by atoms with E-state index in [9.17, 15) is 4.79 Å². The van der Waals surface area contributed by atoms with Crippen LogP contribution in [0.25, 0.3) is 0 Å². The first-order valence-electron chi connectivity index (χ1n) is 6.27. The fraction of sp³-hybridized carbons (Fsp3) is 0.583. The van der Waals surface area contributed by atoms with Crippen molar-refractivity contribution in [1.82, 2.24) is 15.5 Å². The van der Waals surface area contributed by atoms with Crippen LogP contribution in [0.15, 0.2) is 12.1 Å². The number of aromatic nitrogens is 2. The second-order valence-corrected chi connectivity index (χ2v) is 5.12. The minimum atomic E-state index is -0.537. The Balaban J connectivity index is 1.81. The molecule has 1 aromatic heterocycles. The summed E-state index contributed by atoms with van der Waals surface area (Å²) in [4.78, 5) is 13.2. The number of carbonyl (C=O) groups excluding carboxylic acids is 1. The average molecular weight is 247 g/mol. The average Bonchev–Trinajstić information content (AvgIpc) is 2.93. The number of nitrogens with zero attached hydrogens (tertiary/aromatic N) is 3. The molecule has 3 atom stereocenters. The molecular formula is C12H17N5O. The molecule has 3 rings (SSSR count). The lowest BCUT2D eigenvalue weighted by Crippen LogP contribution is -2.34. The van der Waals surface area contributed by atoms with Crippen LogP contribution in [0.1, 0.15) is 17.4 Å². The highest BCUT2D eigenvalue weighted by molar-refractivity contribution is 5.90. The molecule has 2 saturated heterocycles. The number of nitrogens with one attached hydrogen (secondary N) is 1. The van der Waals surface area contributed by atoms with Gasteiger partial charge >= 0.3 is 0 Å². The van der Waals surface area contributed by atoms with Crippen molar-refractivity contribution >= 4 is 11.7 Å². The molecule has 3 unspecified atom stereocenters. The van der Waals surface area contributed by atoms with E-state index in [0.29, 0.717) is 17.9 Å². The molecule has 3 N–H and O–H groups in total. The third-order valence-electron chi connectivity index (χ3n) is 4.13. The maximum atomic E-state index is 11.0. The van der Waals surface area contributed by atoms with Crippen molar-refractivity contribution in [2.45, 2.75) is 13.0 Å². The summed E-state index contributed by atoms with van der Waals surface area (Å²) >= 11 is 0. The van der Waals surface area contributed by atoms with E-state index in [4.69, 9.17) is 5.73 Å². The summed E-state index contributed by atoms with van der Waals surface area (Å²) in [5.74, 6) is 1.67. The van der Waals surface area contributed by atoms with Crippen LogP contribution in [0.3, 0.4) is 0 Å². The first-order chi connectivity index (χ1) is 8.66. The van der Waals surface area contributed by atoms with Gasteiger partial charge in [-0.1, -0.05) is 0 Å². The maximum absolute atomic E-state index is 11.0. The lowest BCUT2D eigenvalue weighted by molar-refractivity contribution is 0.0994. The zero-order chi connectivity index (χ0) is 12.7. The van der Waals surface area contributed by atoms with Crippen LogP contribution in [-0.4, -0.2) is 41.8 Å². The van der Waals surface area contributed by atoms with Gasteiger partial charge in [-0.25, -0.2) is 0 Å². The Morgan fingerprint density at radius 2 is 2.28 bits per heavy atom. The van der Waals surface area contributed by atoms with Crippen molar-refractivity contribution in [2.24, 2.45) is 17.6 Å². The van der Waals surface area contributed by atoms with Crippen molar-refractivity contribution < 1.29 is 4.79 Å². The van der Waals surface area contributed by atoms with E-state index in [1.165, 1.54) is 0 Å². The van der Waals surface area contributed by atoms with Crippen LogP contribution < -0.4 is 16.0 Å².